The smallest absolute Gasteiger partial charge is 0.0595 e. The third-order valence-electron chi connectivity index (χ3n) is 3.04. The van der Waals surface area contributed by atoms with Crippen molar-refractivity contribution in [1.29, 1.82) is 0 Å². The first kappa shape index (κ1) is 14.3. The zero-order chi connectivity index (χ0) is 13.7. The van der Waals surface area contributed by atoms with Gasteiger partial charge in [-0.05, 0) is 54.7 Å². The third kappa shape index (κ3) is 4.50. The van der Waals surface area contributed by atoms with Crippen LogP contribution < -0.4 is 5.73 Å². The Labute approximate surface area is 123 Å². The molecular weight excluding hydrogens is 279 g/mol. The molecule has 0 saturated carbocycles. The quantitative estimate of drug-likeness (QED) is 0.908. The molecule has 1 heterocycles. The van der Waals surface area contributed by atoms with Crippen molar-refractivity contribution in [2.75, 3.05) is 0 Å². The van der Waals surface area contributed by atoms with Crippen LogP contribution in [0.25, 0.3) is 0 Å². The van der Waals surface area contributed by atoms with Crippen LogP contribution >= 0.6 is 23.2 Å². The van der Waals surface area contributed by atoms with Gasteiger partial charge in [-0.25, -0.2) is 0 Å². The molecule has 0 bridgehead atoms. The molecule has 0 aliphatic rings. The van der Waals surface area contributed by atoms with E-state index in [9.17, 15) is 0 Å². The average Bonchev–Trinajstić information content (AvgIpc) is 2.42. The molecule has 2 rings (SSSR count). The second-order valence-electron chi connectivity index (χ2n) is 4.61. The predicted octanol–water partition coefficient (Wildman–Crippen LogP) is 3.89. The standard InChI is InChI=1S/C15H16Cl2N2/c16-14-4-2-12(10-15(14)17)9-13(18)3-1-11-5-7-19-8-6-11/h2,4-8,10,13H,1,3,9,18H2. The van der Waals surface area contributed by atoms with Gasteiger partial charge < -0.3 is 5.73 Å². The molecule has 0 aliphatic carbocycles. The van der Waals surface area contributed by atoms with Crippen LogP contribution in [0.5, 0.6) is 0 Å². The monoisotopic (exact) mass is 294 g/mol. The topological polar surface area (TPSA) is 38.9 Å². The third-order valence-corrected chi connectivity index (χ3v) is 3.77. The first-order chi connectivity index (χ1) is 9.15. The van der Waals surface area contributed by atoms with E-state index in [0.29, 0.717) is 10.0 Å². The van der Waals surface area contributed by atoms with Crippen molar-refractivity contribution >= 4 is 23.2 Å². The van der Waals surface area contributed by atoms with Gasteiger partial charge in [-0.2, -0.15) is 0 Å². The maximum absolute atomic E-state index is 6.15. The summed E-state index contributed by atoms with van der Waals surface area (Å²) in [7, 11) is 0. The van der Waals surface area contributed by atoms with Crippen LogP contribution in [0.1, 0.15) is 17.5 Å². The summed E-state index contributed by atoms with van der Waals surface area (Å²) >= 11 is 11.9. The van der Waals surface area contributed by atoms with Gasteiger partial charge in [0.25, 0.3) is 0 Å². The lowest BCUT2D eigenvalue weighted by molar-refractivity contribution is 0.610. The van der Waals surface area contributed by atoms with Crippen molar-refractivity contribution in [1.82, 2.24) is 4.98 Å². The van der Waals surface area contributed by atoms with Crippen molar-refractivity contribution in [3.63, 3.8) is 0 Å². The molecule has 19 heavy (non-hydrogen) atoms. The van der Waals surface area contributed by atoms with Crippen molar-refractivity contribution in [2.45, 2.75) is 25.3 Å². The van der Waals surface area contributed by atoms with Crippen LogP contribution in [0, 0.1) is 0 Å². The van der Waals surface area contributed by atoms with Crippen LogP contribution in [0.3, 0.4) is 0 Å². The molecule has 0 aliphatic heterocycles. The molecule has 0 radical (unpaired) electrons. The molecule has 2 nitrogen and oxygen atoms in total. The fourth-order valence-corrected chi connectivity index (χ4v) is 2.29. The highest BCUT2D eigenvalue weighted by Gasteiger charge is 2.06. The molecule has 0 amide bonds. The van der Waals surface area contributed by atoms with Crippen molar-refractivity contribution in [2.24, 2.45) is 5.73 Å². The van der Waals surface area contributed by atoms with E-state index in [-0.39, 0.29) is 6.04 Å². The van der Waals surface area contributed by atoms with Crippen LogP contribution in [0.15, 0.2) is 42.7 Å². The van der Waals surface area contributed by atoms with E-state index < -0.39 is 0 Å². The minimum Gasteiger partial charge on any atom is -0.327 e. The lowest BCUT2D eigenvalue weighted by atomic mass is 10.0. The van der Waals surface area contributed by atoms with Crippen molar-refractivity contribution in [3.05, 3.63) is 63.9 Å². The van der Waals surface area contributed by atoms with Crippen molar-refractivity contribution in [3.8, 4) is 0 Å². The van der Waals surface area contributed by atoms with Crippen molar-refractivity contribution < 1.29 is 0 Å². The van der Waals surface area contributed by atoms with Gasteiger partial charge in [0.1, 0.15) is 0 Å². The molecule has 0 saturated heterocycles. The summed E-state index contributed by atoms with van der Waals surface area (Å²) in [6, 6.07) is 9.83. The summed E-state index contributed by atoms with van der Waals surface area (Å²) in [6.07, 6.45) is 6.32. The van der Waals surface area contributed by atoms with E-state index in [4.69, 9.17) is 28.9 Å². The Kier molecular flexibility index (Phi) is 5.20. The highest BCUT2D eigenvalue weighted by Crippen LogP contribution is 2.23. The van der Waals surface area contributed by atoms with Gasteiger partial charge in [0.2, 0.25) is 0 Å². The number of nitrogens with zero attached hydrogens (tertiary/aromatic N) is 1. The minimum absolute atomic E-state index is 0.116. The number of pyridine rings is 1. The zero-order valence-corrected chi connectivity index (χ0v) is 12.0. The Hall–Kier alpha value is -1.09. The maximum atomic E-state index is 6.15. The van der Waals surface area contributed by atoms with E-state index in [1.54, 1.807) is 12.4 Å². The number of aromatic nitrogens is 1. The number of rotatable bonds is 5. The largest absolute Gasteiger partial charge is 0.327 e. The number of nitrogens with two attached hydrogens (primary N) is 1. The van der Waals surface area contributed by atoms with Gasteiger partial charge in [0.15, 0.2) is 0 Å². The fraction of sp³-hybridized carbons (Fsp3) is 0.267. The van der Waals surface area contributed by atoms with Crippen LogP contribution in [-0.2, 0) is 12.8 Å². The normalized spacial score (nSPS) is 12.4. The summed E-state index contributed by atoms with van der Waals surface area (Å²) in [5.74, 6) is 0. The molecule has 1 atom stereocenters. The van der Waals surface area contributed by atoms with Gasteiger partial charge >= 0.3 is 0 Å². The number of hydrogen-bond donors (Lipinski definition) is 1. The van der Waals surface area contributed by atoms with E-state index in [1.807, 2.05) is 30.3 Å². The Bertz CT molecular complexity index is 529. The average molecular weight is 295 g/mol. The molecule has 4 heteroatoms. The summed E-state index contributed by atoms with van der Waals surface area (Å²) in [5, 5.41) is 1.16. The minimum atomic E-state index is 0.116. The molecule has 1 unspecified atom stereocenters. The molecule has 1 aromatic heterocycles. The van der Waals surface area contributed by atoms with Gasteiger partial charge in [0, 0.05) is 18.4 Å². The van der Waals surface area contributed by atoms with E-state index in [0.717, 1.165) is 24.8 Å². The summed E-state index contributed by atoms with van der Waals surface area (Å²) in [6.45, 7) is 0. The number of halogens is 2. The molecule has 0 spiro atoms. The summed E-state index contributed by atoms with van der Waals surface area (Å²) < 4.78 is 0. The zero-order valence-electron chi connectivity index (χ0n) is 10.5. The summed E-state index contributed by atoms with van der Waals surface area (Å²) in [5.41, 5.74) is 8.54. The molecule has 2 aromatic rings. The van der Waals surface area contributed by atoms with Crippen LogP contribution in [0.4, 0.5) is 0 Å². The van der Waals surface area contributed by atoms with Crippen LogP contribution in [0.2, 0.25) is 10.0 Å². The molecular formula is C15H16Cl2N2. The lowest BCUT2D eigenvalue weighted by Crippen LogP contribution is -2.23. The van der Waals surface area contributed by atoms with Gasteiger partial charge in [-0.15, -0.1) is 0 Å². The van der Waals surface area contributed by atoms with Crippen LogP contribution in [-0.4, -0.2) is 11.0 Å². The Morgan fingerprint density at radius 2 is 1.74 bits per heavy atom. The number of aryl methyl sites for hydroxylation is 1. The SMILES string of the molecule is NC(CCc1ccncc1)Cc1ccc(Cl)c(Cl)c1. The molecule has 100 valence electrons. The van der Waals surface area contributed by atoms with E-state index in [2.05, 4.69) is 4.98 Å². The predicted molar refractivity (Wildman–Crippen MR) is 80.7 cm³/mol. The van der Waals surface area contributed by atoms with E-state index >= 15 is 0 Å². The number of benzene rings is 1. The second kappa shape index (κ2) is 6.90. The summed E-state index contributed by atoms with van der Waals surface area (Å²) in [4.78, 5) is 4.00. The molecule has 1 aromatic carbocycles. The molecule has 0 fully saturated rings. The first-order valence-corrected chi connectivity index (χ1v) is 6.99. The highest BCUT2D eigenvalue weighted by atomic mass is 35.5. The number of hydrogen-bond acceptors (Lipinski definition) is 2. The van der Waals surface area contributed by atoms with Gasteiger partial charge in [0.05, 0.1) is 10.0 Å². The Balaban J connectivity index is 1.87. The molecule has 2 N–H and O–H groups in total. The van der Waals surface area contributed by atoms with Gasteiger partial charge in [-0.1, -0.05) is 29.3 Å². The fourth-order valence-electron chi connectivity index (χ4n) is 1.97. The van der Waals surface area contributed by atoms with E-state index in [1.165, 1.54) is 5.56 Å². The maximum Gasteiger partial charge on any atom is 0.0595 e. The lowest BCUT2D eigenvalue weighted by Gasteiger charge is -2.12. The Morgan fingerprint density at radius 1 is 1.00 bits per heavy atom. The Morgan fingerprint density at radius 3 is 2.42 bits per heavy atom. The first-order valence-electron chi connectivity index (χ1n) is 6.23. The highest BCUT2D eigenvalue weighted by molar-refractivity contribution is 6.42. The van der Waals surface area contributed by atoms with Gasteiger partial charge in [-0.3, -0.25) is 4.98 Å². The second-order valence-corrected chi connectivity index (χ2v) is 5.42.